The SMILES string of the molecule is CCCCCCCCC1(CCCCCCCC)c2cc(-c3ccc(C)cc3)ccc2-c2ccc(-c3ccc(N(c4ccccc4)c4ccc(C(C)(C)C)cc4)cc3)cc21. The Labute approximate surface area is 357 Å². The molecular weight excluding hydrogens is 711 g/mol. The number of para-hydroxylation sites is 1. The van der Waals surface area contributed by atoms with Crippen molar-refractivity contribution in [2.24, 2.45) is 0 Å². The van der Waals surface area contributed by atoms with Crippen LogP contribution in [0.2, 0.25) is 0 Å². The molecule has 0 unspecified atom stereocenters. The van der Waals surface area contributed by atoms with Gasteiger partial charge in [0.15, 0.2) is 0 Å². The van der Waals surface area contributed by atoms with Gasteiger partial charge in [0.2, 0.25) is 0 Å². The van der Waals surface area contributed by atoms with Crippen molar-refractivity contribution in [3.8, 4) is 33.4 Å². The monoisotopic (exact) mass is 780 g/mol. The van der Waals surface area contributed by atoms with Crippen LogP contribution in [0.5, 0.6) is 0 Å². The minimum atomic E-state index is 0.0141. The lowest BCUT2D eigenvalue weighted by Crippen LogP contribution is -2.25. The smallest absolute Gasteiger partial charge is 0.0462 e. The normalized spacial score (nSPS) is 13.0. The van der Waals surface area contributed by atoms with Crippen LogP contribution in [0.4, 0.5) is 17.1 Å². The summed E-state index contributed by atoms with van der Waals surface area (Å²) in [6.45, 7) is 13.7. The number of hydrogen-bond acceptors (Lipinski definition) is 1. The maximum absolute atomic E-state index is 2.60. The van der Waals surface area contributed by atoms with Gasteiger partial charge in [0, 0.05) is 22.5 Å². The molecule has 6 aromatic carbocycles. The minimum absolute atomic E-state index is 0.0141. The molecule has 0 radical (unpaired) electrons. The zero-order valence-corrected chi connectivity index (χ0v) is 37.1. The van der Waals surface area contributed by atoms with Crippen molar-refractivity contribution in [2.45, 2.75) is 142 Å². The predicted molar refractivity (Wildman–Crippen MR) is 258 cm³/mol. The Bertz CT molecular complexity index is 2200. The molecule has 59 heavy (non-hydrogen) atoms. The van der Waals surface area contributed by atoms with Crippen LogP contribution in [0.1, 0.15) is 147 Å². The fourth-order valence-electron chi connectivity index (χ4n) is 9.62. The lowest BCUT2D eigenvalue weighted by atomic mass is 9.70. The van der Waals surface area contributed by atoms with Gasteiger partial charge in [0.1, 0.15) is 0 Å². The summed E-state index contributed by atoms with van der Waals surface area (Å²) in [5.74, 6) is 0. The van der Waals surface area contributed by atoms with Gasteiger partial charge < -0.3 is 4.90 Å². The third-order valence-corrected chi connectivity index (χ3v) is 13.1. The summed E-state index contributed by atoms with van der Waals surface area (Å²) in [6, 6.07) is 53.2. The molecule has 1 aliphatic carbocycles. The van der Waals surface area contributed by atoms with Crippen molar-refractivity contribution in [3.05, 3.63) is 162 Å². The molecule has 6 aromatic rings. The van der Waals surface area contributed by atoms with Gasteiger partial charge in [0.05, 0.1) is 0 Å². The van der Waals surface area contributed by atoms with Crippen molar-refractivity contribution < 1.29 is 0 Å². The van der Waals surface area contributed by atoms with Crippen molar-refractivity contribution in [3.63, 3.8) is 0 Å². The molecule has 0 saturated carbocycles. The van der Waals surface area contributed by atoms with Crippen LogP contribution in [-0.2, 0) is 10.8 Å². The number of benzene rings is 6. The fraction of sp³-hybridized carbons (Fsp3) is 0.379. The summed E-state index contributed by atoms with van der Waals surface area (Å²) in [6.07, 6.45) is 18.3. The van der Waals surface area contributed by atoms with Crippen LogP contribution >= 0.6 is 0 Å². The number of hydrogen-bond donors (Lipinski definition) is 0. The van der Waals surface area contributed by atoms with Crippen LogP contribution < -0.4 is 4.90 Å². The number of unbranched alkanes of at least 4 members (excludes halogenated alkanes) is 10. The van der Waals surface area contributed by atoms with Gasteiger partial charge >= 0.3 is 0 Å². The van der Waals surface area contributed by atoms with Gasteiger partial charge in [0.25, 0.3) is 0 Å². The third-order valence-electron chi connectivity index (χ3n) is 13.1. The quantitative estimate of drug-likeness (QED) is 0.0740. The van der Waals surface area contributed by atoms with E-state index in [4.69, 9.17) is 0 Å². The van der Waals surface area contributed by atoms with Gasteiger partial charge in [-0.2, -0.15) is 0 Å². The van der Waals surface area contributed by atoms with Crippen molar-refractivity contribution in [1.29, 1.82) is 0 Å². The van der Waals surface area contributed by atoms with Gasteiger partial charge in [-0.3, -0.25) is 0 Å². The predicted octanol–water partition coefficient (Wildman–Crippen LogP) is 17.9. The highest BCUT2D eigenvalue weighted by Crippen LogP contribution is 2.56. The average Bonchev–Trinajstić information content (AvgIpc) is 3.52. The van der Waals surface area contributed by atoms with Crippen molar-refractivity contribution in [2.75, 3.05) is 4.90 Å². The highest BCUT2D eigenvalue weighted by molar-refractivity contribution is 5.87. The van der Waals surface area contributed by atoms with Crippen LogP contribution in [0.3, 0.4) is 0 Å². The number of rotatable bonds is 19. The number of anilines is 3. The Morgan fingerprint density at radius 1 is 0.424 bits per heavy atom. The van der Waals surface area contributed by atoms with Gasteiger partial charge in [-0.25, -0.2) is 0 Å². The van der Waals surface area contributed by atoms with E-state index in [0.29, 0.717) is 0 Å². The van der Waals surface area contributed by atoms with E-state index >= 15 is 0 Å². The van der Waals surface area contributed by atoms with Crippen molar-refractivity contribution >= 4 is 17.1 Å². The molecule has 0 atom stereocenters. The maximum Gasteiger partial charge on any atom is 0.0462 e. The number of fused-ring (bicyclic) bond motifs is 3. The van der Waals surface area contributed by atoms with E-state index in [1.807, 2.05) is 0 Å². The van der Waals surface area contributed by atoms with E-state index in [-0.39, 0.29) is 10.8 Å². The molecule has 1 nitrogen and oxygen atoms in total. The molecule has 0 spiro atoms. The fourth-order valence-corrected chi connectivity index (χ4v) is 9.62. The Balaban J connectivity index is 1.27. The molecule has 0 heterocycles. The second-order valence-corrected chi connectivity index (χ2v) is 18.5. The Morgan fingerprint density at radius 3 is 1.31 bits per heavy atom. The summed E-state index contributed by atoms with van der Waals surface area (Å²) >= 11 is 0. The topological polar surface area (TPSA) is 3.24 Å². The first-order valence-electron chi connectivity index (χ1n) is 23.1. The third kappa shape index (κ3) is 9.78. The number of nitrogens with zero attached hydrogens (tertiary/aromatic N) is 1. The lowest BCUT2D eigenvalue weighted by Gasteiger charge is -2.33. The van der Waals surface area contributed by atoms with E-state index in [1.54, 1.807) is 11.1 Å². The molecule has 0 aliphatic heterocycles. The second kappa shape index (κ2) is 19.5. The molecule has 306 valence electrons. The summed E-state index contributed by atoms with van der Waals surface area (Å²) < 4.78 is 0. The van der Waals surface area contributed by atoms with Crippen LogP contribution in [0, 0.1) is 6.92 Å². The van der Waals surface area contributed by atoms with E-state index in [1.165, 1.54) is 151 Å². The van der Waals surface area contributed by atoms with Gasteiger partial charge in [-0.15, -0.1) is 0 Å². The first-order valence-corrected chi connectivity index (χ1v) is 23.1. The Hall–Kier alpha value is -4.88. The second-order valence-electron chi connectivity index (χ2n) is 18.5. The molecule has 1 aliphatic rings. The van der Waals surface area contributed by atoms with E-state index in [0.717, 1.165) is 0 Å². The molecule has 0 amide bonds. The molecule has 0 fully saturated rings. The summed E-state index contributed by atoms with van der Waals surface area (Å²) in [5, 5.41) is 0. The zero-order chi connectivity index (χ0) is 41.2. The van der Waals surface area contributed by atoms with Gasteiger partial charge in [-0.1, -0.05) is 208 Å². The standard InChI is InChI=1S/C58H69N/c1-7-9-11-13-15-20-40-58(41-21-16-14-12-10-8-2)55-42-47(45-26-24-44(3)25-27-45)30-38-53(55)54-39-31-48(43-56(54)58)46-28-34-51(35-29-46)59(50-22-18-17-19-23-50)52-36-32-49(33-37-52)57(4,5)6/h17-19,22-39,42-43H,7-16,20-21,40-41H2,1-6H3. The lowest BCUT2D eigenvalue weighted by molar-refractivity contribution is 0.398. The molecule has 1 heteroatoms. The van der Waals surface area contributed by atoms with Crippen LogP contribution in [-0.4, -0.2) is 0 Å². The molecule has 0 saturated heterocycles. The largest absolute Gasteiger partial charge is 0.311 e. The molecule has 0 bridgehead atoms. The Kier molecular flexibility index (Phi) is 13.9. The molecule has 7 rings (SSSR count). The van der Waals surface area contributed by atoms with Crippen molar-refractivity contribution in [1.82, 2.24) is 0 Å². The summed E-state index contributed by atoms with van der Waals surface area (Å²) in [5.41, 5.74) is 17.6. The van der Waals surface area contributed by atoms with Gasteiger partial charge in [-0.05, 0) is 124 Å². The molecular formula is C58H69N. The van der Waals surface area contributed by atoms with E-state index in [9.17, 15) is 0 Å². The zero-order valence-electron chi connectivity index (χ0n) is 37.1. The summed E-state index contributed by atoms with van der Waals surface area (Å²) in [7, 11) is 0. The minimum Gasteiger partial charge on any atom is -0.311 e. The highest BCUT2D eigenvalue weighted by atomic mass is 15.1. The highest BCUT2D eigenvalue weighted by Gasteiger charge is 2.42. The molecule has 0 aromatic heterocycles. The van der Waals surface area contributed by atoms with E-state index in [2.05, 4.69) is 186 Å². The maximum atomic E-state index is 2.60. The summed E-state index contributed by atoms with van der Waals surface area (Å²) in [4.78, 5) is 2.38. The first kappa shape index (κ1) is 42.3. The Morgan fingerprint density at radius 2 is 0.831 bits per heavy atom. The average molecular weight is 780 g/mol. The van der Waals surface area contributed by atoms with Crippen LogP contribution in [0.25, 0.3) is 33.4 Å². The van der Waals surface area contributed by atoms with E-state index < -0.39 is 0 Å². The van der Waals surface area contributed by atoms with Crippen LogP contribution in [0.15, 0.2) is 140 Å². The number of aryl methyl sites for hydroxylation is 1. The molecule has 0 N–H and O–H groups in total. The first-order chi connectivity index (χ1) is 28.7.